The topological polar surface area (TPSA) is 63.3 Å². The molecule has 0 saturated carbocycles. The van der Waals surface area contributed by atoms with E-state index in [9.17, 15) is 4.79 Å². The van der Waals surface area contributed by atoms with E-state index in [1.165, 1.54) is 0 Å². The summed E-state index contributed by atoms with van der Waals surface area (Å²) in [6.07, 6.45) is 0.562. The van der Waals surface area contributed by atoms with Gasteiger partial charge in [-0.15, -0.1) is 0 Å². The van der Waals surface area contributed by atoms with E-state index < -0.39 is 11.9 Å². The summed E-state index contributed by atoms with van der Waals surface area (Å²) in [7, 11) is 0. The van der Waals surface area contributed by atoms with Crippen molar-refractivity contribution < 1.29 is 9.90 Å². The van der Waals surface area contributed by atoms with Gasteiger partial charge in [-0.3, -0.25) is 4.79 Å². The minimum absolute atomic E-state index is 0.339. The van der Waals surface area contributed by atoms with Crippen LogP contribution in [0.2, 0.25) is 0 Å². The molecule has 0 bridgehead atoms. The lowest BCUT2D eigenvalue weighted by atomic mass is 10.0. The summed E-state index contributed by atoms with van der Waals surface area (Å²) in [5.74, 6) is -1.25. The maximum absolute atomic E-state index is 10.8. The van der Waals surface area contributed by atoms with Gasteiger partial charge in [0.05, 0.1) is 5.92 Å². The SMILES string of the molecule is N[C@H]1c2ccccc2C[C@H]1C(=O)O. The number of hydrogen-bond acceptors (Lipinski definition) is 2. The molecule has 0 unspecified atom stereocenters. The summed E-state index contributed by atoms with van der Waals surface area (Å²) in [6, 6.07) is 7.31. The number of rotatable bonds is 1. The third kappa shape index (κ3) is 1.21. The van der Waals surface area contributed by atoms with E-state index in [0.29, 0.717) is 6.42 Å². The van der Waals surface area contributed by atoms with Crippen LogP contribution in [0.4, 0.5) is 0 Å². The van der Waals surface area contributed by atoms with Crippen LogP contribution in [-0.2, 0) is 11.2 Å². The highest BCUT2D eigenvalue weighted by Crippen LogP contribution is 2.33. The summed E-state index contributed by atoms with van der Waals surface area (Å²) in [6.45, 7) is 0. The molecule has 0 spiro atoms. The van der Waals surface area contributed by atoms with Crippen molar-refractivity contribution >= 4 is 5.97 Å². The molecule has 0 fully saturated rings. The van der Waals surface area contributed by atoms with Gasteiger partial charge in [-0.1, -0.05) is 24.3 Å². The molecule has 13 heavy (non-hydrogen) atoms. The van der Waals surface area contributed by atoms with Gasteiger partial charge in [-0.25, -0.2) is 0 Å². The molecule has 0 saturated heterocycles. The van der Waals surface area contributed by atoms with Crippen LogP contribution in [-0.4, -0.2) is 11.1 Å². The van der Waals surface area contributed by atoms with Crippen LogP contribution in [0.25, 0.3) is 0 Å². The van der Waals surface area contributed by atoms with Gasteiger partial charge >= 0.3 is 5.97 Å². The van der Waals surface area contributed by atoms with Crippen LogP contribution in [0.5, 0.6) is 0 Å². The van der Waals surface area contributed by atoms with Crippen LogP contribution in [0.3, 0.4) is 0 Å². The van der Waals surface area contributed by atoms with Crippen molar-refractivity contribution in [2.45, 2.75) is 12.5 Å². The normalized spacial score (nSPS) is 25.6. The molecule has 2 rings (SSSR count). The van der Waals surface area contributed by atoms with Crippen LogP contribution in [0, 0.1) is 5.92 Å². The van der Waals surface area contributed by atoms with Gasteiger partial charge in [0.1, 0.15) is 0 Å². The Hall–Kier alpha value is -1.35. The van der Waals surface area contributed by atoms with Crippen molar-refractivity contribution in [1.29, 1.82) is 0 Å². The van der Waals surface area contributed by atoms with E-state index in [4.69, 9.17) is 10.8 Å². The van der Waals surface area contributed by atoms with Gasteiger partial charge in [0, 0.05) is 6.04 Å². The zero-order valence-corrected chi connectivity index (χ0v) is 7.10. The number of carboxylic acids is 1. The Labute approximate surface area is 76.2 Å². The highest BCUT2D eigenvalue weighted by Gasteiger charge is 2.34. The number of aliphatic carboxylic acids is 1. The minimum atomic E-state index is -0.802. The first-order chi connectivity index (χ1) is 6.20. The summed E-state index contributed by atoms with van der Waals surface area (Å²) >= 11 is 0. The standard InChI is InChI=1S/C10H11NO2/c11-9-7-4-2-1-3-6(7)5-8(9)10(12)13/h1-4,8-9H,5,11H2,(H,12,13)/t8-,9+/m1/s1. The molecule has 1 aromatic rings. The van der Waals surface area contributed by atoms with Gasteiger partial charge in [0.2, 0.25) is 0 Å². The fourth-order valence-electron chi connectivity index (χ4n) is 1.87. The Bertz CT molecular complexity index is 349. The quantitative estimate of drug-likeness (QED) is 0.671. The van der Waals surface area contributed by atoms with Gasteiger partial charge in [0.15, 0.2) is 0 Å². The van der Waals surface area contributed by atoms with Crippen LogP contribution in [0.15, 0.2) is 24.3 Å². The fourth-order valence-corrected chi connectivity index (χ4v) is 1.87. The Morgan fingerprint density at radius 3 is 2.77 bits per heavy atom. The monoisotopic (exact) mass is 177 g/mol. The second-order valence-electron chi connectivity index (χ2n) is 3.37. The Kier molecular flexibility index (Phi) is 1.81. The molecule has 2 atom stereocenters. The molecule has 0 aromatic heterocycles. The smallest absolute Gasteiger partial charge is 0.308 e. The Morgan fingerprint density at radius 1 is 1.46 bits per heavy atom. The van der Waals surface area contributed by atoms with Crippen molar-refractivity contribution in [3.05, 3.63) is 35.4 Å². The van der Waals surface area contributed by atoms with E-state index >= 15 is 0 Å². The Morgan fingerprint density at radius 2 is 2.15 bits per heavy atom. The first-order valence-corrected chi connectivity index (χ1v) is 4.26. The molecule has 0 amide bonds. The van der Waals surface area contributed by atoms with Gasteiger partial charge in [-0.2, -0.15) is 0 Å². The van der Waals surface area contributed by atoms with E-state index in [2.05, 4.69) is 0 Å². The maximum atomic E-state index is 10.8. The second kappa shape index (κ2) is 2.85. The van der Waals surface area contributed by atoms with Crippen LogP contribution in [0.1, 0.15) is 17.2 Å². The zero-order chi connectivity index (χ0) is 9.42. The highest BCUT2D eigenvalue weighted by atomic mass is 16.4. The first-order valence-electron chi connectivity index (χ1n) is 4.26. The molecule has 1 aromatic carbocycles. The lowest BCUT2D eigenvalue weighted by Gasteiger charge is -2.09. The number of fused-ring (bicyclic) bond motifs is 1. The van der Waals surface area contributed by atoms with E-state index in [-0.39, 0.29) is 6.04 Å². The molecule has 68 valence electrons. The third-order valence-corrected chi connectivity index (χ3v) is 2.60. The fraction of sp³-hybridized carbons (Fsp3) is 0.300. The lowest BCUT2D eigenvalue weighted by Crippen LogP contribution is -2.24. The number of hydrogen-bond donors (Lipinski definition) is 2. The van der Waals surface area contributed by atoms with E-state index in [0.717, 1.165) is 11.1 Å². The summed E-state index contributed by atoms with van der Waals surface area (Å²) in [4.78, 5) is 10.8. The predicted octanol–water partition coefficient (Wildman–Crippen LogP) is 0.943. The van der Waals surface area contributed by atoms with E-state index in [1.54, 1.807) is 0 Å². The Balaban J connectivity index is 2.38. The summed E-state index contributed by atoms with van der Waals surface area (Å²) < 4.78 is 0. The molecule has 1 aliphatic carbocycles. The van der Waals surface area contributed by atoms with E-state index in [1.807, 2.05) is 24.3 Å². The highest BCUT2D eigenvalue weighted by molar-refractivity contribution is 5.73. The summed E-state index contributed by atoms with van der Waals surface area (Å²) in [5.41, 5.74) is 7.86. The molecule has 3 heteroatoms. The van der Waals surface area contributed by atoms with Gasteiger partial charge in [0.25, 0.3) is 0 Å². The lowest BCUT2D eigenvalue weighted by molar-refractivity contribution is -0.142. The average Bonchev–Trinajstić information content (AvgIpc) is 2.45. The van der Waals surface area contributed by atoms with Crippen LogP contribution >= 0.6 is 0 Å². The largest absolute Gasteiger partial charge is 0.481 e. The molecular weight excluding hydrogens is 166 g/mol. The predicted molar refractivity (Wildman–Crippen MR) is 48.2 cm³/mol. The molecule has 1 aliphatic rings. The van der Waals surface area contributed by atoms with Gasteiger partial charge < -0.3 is 10.8 Å². The number of benzene rings is 1. The van der Waals surface area contributed by atoms with Crippen molar-refractivity contribution in [2.24, 2.45) is 11.7 Å². The molecule has 3 N–H and O–H groups in total. The average molecular weight is 177 g/mol. The second-order valence-corrected chi connectivity index (χ2v) is 3.37. The number of nitrogens with two attached hydrogens (primary N) is 1. The van der Waals surface area contributed by atoms with Crippen LogP contribution < -0.4 is 5.73 Å². The van der Waals surface area contributed by atoms with Crippen molar-refractivity contribution in [1.82, 2.24) is 0 Å². The molecule has 3 nitrogen and oxygen atoms in total. The van der Waals surface area contributed by atoms with Crippen molar-refractivity contribution in [3.8, 4) is 0 Å². The minimum Gasteiger partial charge on any atom is -0.481 e. The molecular formula is C10H11NO2. The molecule has 0 radical (unpaired) electrons. The van der Waals surface area contributed by atoms with Crippen molar-refractivity contribution in [3.63, 3.8) is 0 Å². The first kappa shape index (κ1) is 8.26. The number of carbonyl (C=O) groups is 1. The molecule has 0 aliphatic heterocycles. The van der Waals surface area contributed by atoms with Gasteiger partial charge in [-0.05, 0) is 17.5 Å². The summed E-state index contributed by atoms with van der Waals surface area (Å²) in [5, 5.41) is 8.88. The molecule has 0 heterocycles. The maximum Gasteiger partial charge on any atom is 0.308 e. The number of carboxylic acid groups (broad SMARTS) is 1. The zero-order valence-electron chi connectivity index (χ0n) is 7.10. The van der Waals surface area contributed by atoms with Crippen molar-refractivity contribution in [2.75, 3.05) is 0 Å². The third-order valence-electron chi connectivity index (χ3n) is 2.60.